The van der Waals surface area contributed by atoms with Crippen LogP contribution in [0.25, 0.3) is 22.3 Å². The van der Waals surface area contributed by atoms with Crippen molar-refractivity contribution in [2.45, 2.75) is 108 Å². The first-order valence-electron chi connectivity index (χ1n) is 22.7. The fourth-order valence-corrected chi connectivity index (χ4v) is 10.3. The smallest absolute Gasteiger partial charge is 0.418 e. The Bertz CT molecular complexity index is 2570. The van der Waals surface area contributed by atoms with Crippen molar-refractivity contribution in [3.8, 4) is 28.9 Å². The van der Waals surface area contributed by atoms with Crippen LogP contribution in [0.3, 0.4) is 0 Å². The number of hydrogen-bond donors (Lipinski definition) is 0. The molecule has 356 valence electrons. The lowest BCUT2D eigenvalue weighted by Gasteiger charge is -2.42. The van der Waals surface area contributed by atoms with Crippen LogP contribution in [0.2, 0.25) is 0 Å². The molecule has 2 aromatic carbocycles. The van der Waals surface area contributed by atoms with E-state index in [0.29, 0.717) is 50.4 Å². The standard InChI is InChI=1S/C49H55F5N8O5/c1-29-20-38(59(23-30-8-14-35(64-5)15-9-30)24-31-10-16-36(65-6)17-11-31)56-42(39(29)49(52,53)54)43-40(51)41-37(22-55-43)44(58-45(57-41)66-28-48-18-7-19-61(48)25-32(50)21-48)60-26-33-12-13-34(27-60)62(33)46(63)67-47(2,3)4/h8-11,14-17,20,22,32-34H,7,12-13,18-19,21,23-28H2,1-6H3/t32-,33-,34+,48+/m1/s1. The third-order valence-corrected chi connectivity index (χ3v) is 13.4. The Balaban J connectivity index is 1.15. The molecule has 18 heteroatoms. The highest BCUT2D eigenvalue weighted by molar-refractivity contribution is 5.92. The topological polar surface area (TPSA) is 119 Å². The Hall–Kier alpha value is -6.04. The number of pyridine rings is 2. The van der Waals surface area contributed by atoms with E-state index in [1.165, 1.54) is 19.2 Å². The molecule has 4 aliphatic heterocycles. The number of halogens is 5. The van der Waals surface area contributed by atoms with Gasteiger partial charge in [-0.15, -0.1) is 0 Å². The van der Waals surface area contributed by atoms with Crippen molar-refractivity contribution in [1.29, 1.82) is 0 Å². The molecular weight excluding hydrogens is 876 g/mol. The van der Waals surface area contributed by atoms with Crippen molar-refractivity contribution >= 4 is 28.6 Å². The van der Waals surface area contributed by atoms with Crippen molar-refractivity contribution in [1.82, 2.24) is 29.7 Å². The zero-order valence-corrected chi connectivity index (χ0v) is 38.5. The average molecular weight is 931 g/mol. The van der Waals surface area contributed by atoms with E-state index in [9.17, 15) is 9.18 Å². The molecule has 9 rings (SSSR count). The van der Waals surface area contributed by atoms with Crippen LogP contribution in [-0.2, 0) is 24.0 Å². The Kier molecular flexibility index (Phi) is 12.3. The van der Waals surface area contributed by atoms with Gasteiger partial charge in [-0.05, 0) is 107 Å². The summed E-state index contributed by atoms with van der Waals surface area (Å²) >= 11 is 0. The van der Waals surface area contributed by atoms with Gasteiger partial charge in [-0.1, -0.05) is 24.3 Å². The molecule has 4 atom stereocenters. The van der Waals surface area contributed by atoms with Crippen LogP contribution in [0.4, 0.5) is 38.4 Å². The van der Waals surface area contributed by atoms with Crippen molar-refractivity contribution in [2.75, 3.05) is 56.8 Å². The van der Waals surface area contributed by atoms with Crippen LogP contribution in [0.1, 0.15) is 75.1 Å². The molecule has 4 aliphatic rings. The summed E-state index contributed by atoms with van der Waals surface area (Å²) in [6, 6.07) is 15.2. The highest BCUT2D eigenvalue weighted by Crippen LogP contribution is 2.44. The number of hydrogen-bond acceptors (Lipinski definition) is 12. The molecule has 5 aromatic rings. The molecule has 4 saturated heterocycles. The van der Waals surface area contributed by atoms with Gasteiger partial charge in [0.05, 0.1) is 42.8 Å². The monoisotopic (exact) mass is 930 g/mol. The maximum Gasteiger partial charge on any atom is 0.418 e. The summed E-state index contributed by atoms with van der Waals surface area (Å²) in [5, 5.41) is 0.145. The molecule has 4 fully saturated rings. The number of carbonyl (C=O) groups is 1. The summed E-state index contributed by atoms with van der Waals surface area (Å²) < 4.78 is 101. The van der Waals surface area contributed by atoms with E-state index >= 15 is 17.6 Å². The summed E-state index contributed by atoms with van der Waals surface area (Å²) in [7, 11) is 3.11. The van der Waals surface area contributed by atoms with Gasteiger partial charge in [0.2, 0.25) is 0 Å². The zero-order chi connectivity index (χ0) is 47.4. The molecule has 67 heavy (non-hydrogen) atoms. The van der Waals surface area contributed by atoms with Crippen LogP contribution in [0, 0.1) is 12.7 Å². The number of anilines is 2. The van der Waals surface area contributed by atoms with Gasteiger partial charge >= 0.3 is 18.3 Å². The number of amides is 1. The number of carbonyl (C=O) groups excluding carboxylic acids is 1. The van der Waals surface area contributed by atoms with E-state index in [1.54, 1.807) is 43.4 Å². The van der Waals surface area contributed by atoms with E-state index in [2.05, 4.69) is 19.9 Å². The molecule has 7 heterocycles. The van der Waals surface area contributed by atoms with Crippen LogP contribution in [0.15, 0.2) is 60.8 Å². The Morgan fingerprint density at radius 1 is 0.881 bits per heavy atom. The van der Waals surface area contributed by atoms with Crippen molar-refractivity contribution in [2.24, 2.45) is 0 Å². The van der Waals surface area contributed by atoms with Crippen LogP contribution in [-0.4, -0.2) is 112 Å². The molecule has 3 aromatic heterocycles. The summed E-state index contributed by atoms with van der Waals surface area (Å²) in [5.74, 6) is 0.545. The third kappa shape index (κ3) is 9.33. The summed E-state index contributed by atoms with van der Waals surface area (Å²) in [6.07, 6.45) is -1.91. The summed E-state index contributed by atoms with van der Waals surface area (Å²) in [5.41, 5.74) is -2.65. The second-order valence-corrected chi connectivity index (χ2v) is 19.1. The van der Waals surface area contributed by atoms with Crippen molar-refractivity contribution in [3.05, 3.63) is 88.9 Å². The molecule has 13 nitrogen and oxygen atoms in total. The Labute approximate surface area is 386 Å². The number of aryl methyl sites for hydroxylation is 1. The molecule has 0 aliphatic carbocycles. The lowest BCUT2D eigenvalue weighted by molar-refractivity contribution is -0.137. The van der Waals surface area contributed by atoms with Gasteiger partial charge in [0, 0.05) is 45.3 Å². The normalized spacial score (nSPS) is 21.7. The van der Waals surface area contributed by atoms with E-state index in [1.807, 2.05) is 54.8 Å². The SMILES string of the molecule is COc1ccc(CN(Cc2ccc(OC)cc2)c2cc(C)c(C(F)(F)F)c(-c3ncc4c(N5C[C@H]6CC[C@@H](C5)N6C(=O)OC(C)(C)C)nc(OC[C@@]56CCCN5C[C@H](F)C6)nc4c3F)n2)cc1. The molecule has 0 N–H and O–H groups in total. The molecule has 0 saturated carbocycles. The van der Waals surface area contributed by atoms with E-state index < -0.39 is 52.3 Å². The minimum absolute atomic E-state index is 0.0365. The van der Waals surface area contributed by atoms with Gasteiger partial charge < -0.3 is 28.7 Å². The number of fused-ring (bicyclic) bond motifs is 4. The predicted octanol–water partition coefficient (Wildman–Crippen LogP) is 9.32. The minimum Gasteiger partial charge on any atom is -0.497 e. The largest absolute Gasteiger partial charge is 0.497 e. The minimum atomic E-state index is -4.95. The first-order valence-corrected chi connectivity index (χ1v) is 22.7. The van der Waals surface area contributed by atoms with Crippen LogP contribution < -0.4 is 24.0 Å². The summed E-state index contributed by atoms with van der Waals surface area (Å²) in [4.78, 5) is 39.4. The van der Waals surface area contributed by atoms with E-state index in [4.69, 9.17) is 23.9 Å². The first-order chi connectivity index (χ1) is 31.9. The zero-order valence-electron chi connectivity index (χ0n) is 38.5. The van der Waals surface area contributed by atoms with Crippen molar-refractivity contribution < 1.29 is 45.7 Å². The average Bonchev–Trinajstić information content (AvgIpc) is 3.91. The number of methoxy groups -OCH3 is 2. The predicted molar refractivity (Wildman–Crippen MR) is 242 cm³/mol. The lowest BCUT2D eigenvalue weighted by Crippen LogP contribution is -2.57. The number of benzene rings is 2. The lowest BCUT2D eigenvalue weighted by atomic mass is 9.95. The highest BCUT2D eigenvalue weighted by atomic mass is 19.4. The third-order valence-electron chi connectivity index (χ3n) is 13.4. The Morgan fingerprint density at radius 2 is 1.51 bits per heavy atom. The number of rotatable bonds is 12. The fraction of sp³-hybridized carbons (Fsp3) is 0.490. The molecule has 2 bridgehead atoms. The van der Waals surface area contributed by atoms with E-state index in [-0.39, 0.29) is 78.9 Å². The number of alkyl halides is 4. The number of aromatic nitrogens is 4. The van der Waals surface area contributed by atoms with Gasteiger partial charge in [-0.3, -0.25) is 14.8 Å². The molecule has 1 amide bonds. The molecule has 0 unspecified atom stereocenters. The quantitative estimate of drug-likeness (QED) is 0.111. The van der Waals surface area contributed by atoms with Crippen LogP contribution in [0.5, 0.6) is 17.5 Å². The van der Waals surface area contributed by atoms with Crippen molar-refractivity contribution in [3.63, 3.8) is 0 Å². The summed E-state index contributed by atoms with van der Waals surface area (Å²) in [6.45, 7) is 8.86. The van der Waals surface area contributed by atoms with Gasteiger partial charge in [0.25, 0.3) is 0 Å². The second-order valence-electron chi connectivity index (χ2n) is 19.1. The number of nitrogens with zero attached hydrogens (tertiary/aromatic N) is 8. The van der Waals surface area contributed by atoms with Gasteiger partial charge in [0.15, 0.2) is 5.82 Å². The van der Waals surface area contributed by atoms with Gasteiger partial charge in [-0.25, -0.2) is 18.6 Å². The maximum absolute atomic E-state index is 17.6. The molecular formula is C49H55F5N8O5. The van der Waals surface area contributed by atoms with Gasteiger partial charge in [-0.2, -0.15) is 23.1 Å². The van der Waals surface area contributed by atoms with Crippen LogP contribution >= 0.6 is 0 Å². The van der Waals surface area contributed by atoms with E-state index in [0.717, 1.165) is 17.5 Å². The number of ether oxygens (including phenoxy) is 4. The molecule has 0 spiro atoms. The fourth-order valence-electron chi connectivity index (χ4n) is 10.3. The highest BCUT2D eigenvalue weighted by Gasteiger charge is 2.50. The second kappa shape index (κ2) is 17.9. The molecule has 0 radical (unpaired) electrons. The first kappa shape index (κ1) is 46.1. The van der Waals surface area contributed by atoms with Gasteiger partial charge in [0.1, 0.15) is 58.4 Å². The number of piperazine rings is 1. The Morgan fingerprint density at radius 3 is 2.09 bits per heavy atom. The maximum atomic E-state index is 17.6.